The Morgan fingerprint density at radius 1 is 1.10 bits per heavy atom. The van der Waals surface area contributed by atoms with Crippen LogP contribution in [0, 0.1) is 0 Å². The molecule has 2 aromatic carbocycles. The van der Waals surface area contributed by atoms with Crippen molar-refractivity contribution in [3.05, 3.63) is 59.7 Å². The summed E-state index contributed by atoms with van der Waals surface area (Å²) in [6.45, 7) is 2.06. The Labute approximate surface area is 119 Å². The molecule has 2 rings (SSSR count). The van der Waals surface area contributed by atoms with Gasteiger partial charge in [0.15, 0.2) is 5.78 Å². The Bertz CT molecular complexity index is 576. The average Bonchev–Trinajstić information content (AvgIpc) is 2.48. The van der Waals surface area contributed by atoms with E-state index in [0.29, 0.717) is 23.7 Å². The molecule has 0 aromatic heterocycles. The first-order chi connectivity index (χ1) is 9.70. The molecule has 0 radical (unpaired) electrons. The summed E-state index contributed by atoms with van der Waals surface area (Å²) in [6.07, 6.45) is 0.801. The van der Waals surface area contributed by atoms with Crippen LogP contribution >= 0.6 is 0 Å². The van der Waals surface area contributed by atoms with E-state index in [4.69, 9.17) is 9.47 Å². The number of hydrogen-bond acceptors (Lipinski definition) is 3. The van der Waals surface area contributed by atoms with Gasteiger partial charge in [-0.2, -0.15) is 0 Å². The quantitative estimate of drug-likeness (QED) is 0.753. The van der Waals surface area contributed by atoms with Crippen molar-refractivity contribution < 1.29 is 14.3 Å². The molecule has 0 bridgehead atoms. The van der Waals surface area contributed by atoms with Crippen molar-refractivity contribution in [2.24, 2.45) is 0 Å². The largest absolute Gasteiger partial charge is 0.497 e. The highest BCUT2D eigenvalue weighted by atomic mass is 16.5. The molecule has 0 aliphatic heterocycles. The highest BCUT2D eigenvalue weighted by Gasteiger charge is 2.10. The second kappa shape index (κ2) is 6.75. The van der Waals surface area contributed by atoms with Crippen LogP contribution < -0.4 is 9.47 Å². The molecule has 3 heteroatoms. The zero-order valence-electron chi connectivity index (χ0n) is 11.8. The van der Waals surface area contributed by atoms with Gasteiger partial charge < -0.3 is 9.47 Å². The Balaban J connectivity index is 2.06. The maximum absolute atomic E-state index is 11.6. The third-order valence-corrected chi connectivity index (χ3v) is 3.06. The molecule has 0 N–H and O–H groups in total. The summed E-state index contributed by atoms with van der Waals surface area (Å²) in [4.78, 5) is 11.6. The summed E-state index contributed by atoms with van der Waals surface area (Å²) in [5, 5.41) is 0. The van der Waals surface area contributed by atoms with Crippen molar-refractivity contribution in [3.8, 4) is 11.5 Å². The van der Waals surface area contributed by atoms with Crippen LogP contribution in [-0.4, -0.2) is 19.5 Å². The van der Waals surface area contributed by atoms with Gasteiger partial charge in [-0.25, -0.2) is 0 Å². The lowest BCUT2D eigenvalue weighted by atomic mass is 10.1. The van der Waals surface area contributed by atoms with Crippen LogP contribution in [-0.2, 0) is 6.42 Å². The third kappa shape index (κ3) is 3.60. The van der Waals surface area contributed by atoms with E-state index in [1.165, 1.54) is 12.5 Å². The average molecular weight is 270 g/mol. The maximum Gasteiger partial charge on any atom is 0.163 e. The molecule has 0 amide bonds. The van der Waals surface area contributed by atoms with Crippen LogP contribution in [0.15, 0.2) is 48.5 Å². The second-order valence-electron chi connectivity index (χ2n) is 4.50. The van der Waals surface area contributed by atoms with E-state index >= 15 is 0 Å². The van der Waals surface area contributed by atoms with Crippen molar-refractivity contribution in [1.82, 2.24) is 0 Å². The summed E-state index contributed by atoms with van der Waals surface area (Å²) in [5.41, 5.74) is 1.79. The van der Waals surface area contributed by atoms with E-state index < -0.39 is 0 Å². The maximum atomic E-state index is 11.6. The summed E-state index contributed by atoms with van der Waals surface area (Å²) >= 11 is 0. The van der Waals surface area contributed by atoms with Crippen LogP contribution in [0.4, 0.5) is 0 Å². The van der Waals surface area contributed by atoms with Crippen LogP contribution in [0.3, 0.4) is 0 Å². The van der Waals surface area contributed by atoms with E-state index in [9.17, 15) is 4.79 Å². The van der Waals surface area contributed by atoms with E-state index in [1.807, 2.05) is 18.2 Å². The number of Topliss-reactive ketones (excluding diaryl/α,β-unsaturated/α-hetero) is 1. The number of carbonyl (C=O) groups is 1. The van der Waals surface area contributed by atoms with Crippen molar-refractivity contribution in [2.45, 2.75) is 13.3 Å². The molecule has 2 aromatic rings. The van der Waals surface area contributed by atoms with Gasteiger partial charge in [0, 0.05) is 12.5 Å². The van der Waals surface area contributed by atoms with Gasteiger partial charge in [0.2, 0.25) is 0 Å². The fourth-order valence-corrected chi connectivity index (χ4v) is 1.96. The van der Waals surface area contributed by atoms with Crippen molar-refractivity contribution >= 4 is 5.78 Å². The molecule has 0 spiro atoms. The molecule has 0 aliphatic carbocycles. The number of benzene rings is 2. The summed E-state index contributed by atoms with van der Waals surface area (Å²) < 4.78 is 10.9. The molecule has 0 saturated heterocycles. The summed E-state index contributed by atoms with van der Waals surface area (Å²) in [5.74, 6) is 1.25. The SMILES string of the molecule is COc1ccc(C(C)=O)c(OCCc2ccccc2)c1. The number of carbonyl (C=O) groups excluding carboxylic acids is 1. The van der Waals surface area contributed by atoms with E-state index in [0.717, 1.165) is 6.42 Å². The van der Waals surface area contributed by atoms with Crippen molar-refractivity contribution in [3.63, 3.8) is 0 Å². The van der Waals surface area contributed by atoms with Gasteiger partial charge in [-0.1, -0.05) is 30.3 Å². The molecule has 3 nitrogen and oxygen atoms in total. The zero-order valence-corrected chi connectivity index (χ0v) is 11.8. The van der Waals surface area contributed by atoms with Gasteiger partial charge in [-0.3, -0.25) is 4.79 Å². The van der Waals surface area contributed by atoms with Gasteiger partial charge in [-0.15, -0.1) is 0 Å². The van der Waals surface area contributed by atoms with Crippen LogP contribution in [0.25, 0.3) is 0 Å². The fraction of sp³-hybridized carbons (Fsp3) is 0.235. The first-order valence-corrected chi connectivity index (χ1v) is 6.56. The van der Waals surface area contributed by atoms with E-state index in [-0.39, 0.29) is 5.78 Å². The lowest BCUT2D eigenvalue weighted by Crippen LogP contribution is -2.05. The van der Waals surface area contributed by atoms with E-state index in [2.05, 4.69) is 12.1 Å². The lowest BCUT2D eigenvalue weighted by molar-refractivity contribution is 0.101. The molecule has 0 heterocycles. The number of hydrogen-bond donors (Lipinski definition) is 0. The predicted octanol–water partition coefficient (Wildman–Crippen LogP) is 3.52. The number of ether oxygens (including phenoxy) is 2. The third-order valence-electron chi connectivity index (χ3n) is 3.06. The van der Waals surface area contributed by atoms with Crippen LogP contribution in [0.1, 0.15) is 22.8 Å². The second-order valence-corrected chi connectivity index (χ2v) is 4.50. The Hall–Kier alpha value is -2.29. The molecule has 0 atom stereocenters. The molecule has 0 fully saturated rings. The number of ketones is 1. The Morgan fingerprint density at radius 3 is 2.50 bits per heavy atom. The molecule has 0 aliphatic rings. The molecule has 104 valence electrons. The minimum Gasteiger partial charge on any atom is -0.497 e. The zero-order chi connectivity index (χ0) is 14.4. The monoisotopic (exact) mass is 270 g/mol. The van der Waals surface area contributed by atoms with Crippen LogP contribution in [0.5, 0.6) is 11.5 Å². The molecular weight excluding hydrogens is 252 g/mol. The highest BCUT2D eigenvalue weighted by Crippen LogP contribution is 2.25. The first-order valence-electron chi connectivity index (χ1n) is 6.56. The van der Waals surface area contributed by atoms with E-state index in [1.54, 1.807) is 25.3 Å². The van der Waals surface area contributed by atoms with Gasteiger partial charge in [0.1, 0.15) is 11.5 Å². The van der Waals surface area contributed by atoms with Gasteiger partial charge >= 0.3 is 0 Å². The minimum atomic E-state index is -0.0117. The smallest absolute Gasteiger partial charge is 0.163 e. The fourth-order valence-electron chi connectivity index (χ4n) is 1.96. The lowest BCUT2D eigenvalue weighted by Gasteiger charge is -2.11. The van der Waals surface area contributed by atoms with Crippen molar-refractivity contribution in [1.29, 1.82) is 0 Å². The Kier molecular flexibility index (Phi) is 4.77. The number of rotatable bonds is 6. The minimum absolute atomic E-state index is 0.0117. The predicted molar refractivity (Wildman–Crippen MR) is 78.6 cm³/mol. The molecule has 0 unspecified atom stereocenters. The first kappa shape index (κ1) is 14.1. The summed E-state index contributed by atoms with van der Waals surface area (Å²) in [7, 11) is 1.59. The van der Waals surface area contributed by atoms with Gasteiger partial charge in [0.05, 0.1) is 19.3 Å². The Morgan fingerprint density at radius 2 is 1.85 bits per heavy atom. The van der Waals surface area contributed by atoms with Gasteiger partial charge in [0.25, 0.3) is 0 Å². The highest BCUT2D eigenvalue weighted by molar-refractivity contribution is 5.97. The molecular formula is C17H18O3. The number of methoxy groups -OCH3 is 1. The normalized spacial score (nSPS) is 10.1. The molecule has 20 heavy (non-hydrogen) atoms. The topological polar surface area (TPSA) is 35.5 Å². The summed E-state index contributed by atoms with van der Waals surface area (Å²) in [6, 6.07) is 15.4. The standard InChI is InChI=1S/C17H18O3/c1-13(18)16-9-8-15(19-2)12-17(16)20-11-10-14-6-4-3-5-7-14/h3-9,12H,10-11H2,1-2H3. The van der Waals surface area contributed by atoms with Crippen molar-refractivity contribution in [2.75, 3.05) is 13.7 Å². The van der Waals surface area contributed by atoms with Gasteiger partial charge in [-0.05, 0) is 24.6 Å². The molecule has 0 saturated carbocycles. The van der Waals surface area contributed by atoms with Crippen LogP contribution in [0.2, 0.25) is 0 Å².